The first kappa shape index (κ1) is 23.3. The Morgan fingerprint density at radius 2 is 2.06 bits per heavy atom. The second-order valence-corrected chi connectivity index (χ2v) is 9.88. The minimum Gasteiger partial charge on any atom is -0.494 e. The van der Waals surface area contributed by atoms with Crippen LogP contribution < -0.4 is 15.4 Å². The van der Waals surface area contributed by atoms with Gasteiger partial charge in [0.05, 0.1) is 36.7 Å². The van der Waals surface area contributed by atoms with Gasteiger partial charge in [-0.2, -0.15) is 9.61 Å². The number of nitrogen functional groups attached to an aromatic ring is 1. The molecule has 1 saturated heterocycles. The van der Waals surface area contributed by atoms with Gasteiger partial charge in [-0.05, 0) is 39.2 Å². The van der Waals surface area contributed by atoms with E-state index in [9.17, 15) is 9.50 Å². The van der Waals surface area contributed by atoms with Crippen LogP contribution in [0.15, 0.2) is 24.5 Å². The third-order valence-corrected chi connectivity index (χ3v) is 6.63. The SMILES string of the molecule is CC[C@H]1CC[C@@H](c2nc3c4cc(F)c(OC)cc4nc(N)n3n2)CN1c1cnn(CC(C)(C)O)c1. The molecule has 186 valence electrons. The fourth-order valence-electron chi connectivity index (χ4n) is 4.94. The number of methoxy groups -OCH3 is 1. The van der Waals surface area contributed by atoms with Crippen molar-refractivity contribution in [3.8, 4) is 5.75 Å². The van der Waals surface area contributed by atoms with Gasteiger partial charge in [-0.3, -0.25) is 4.68 Å². The average Bonchev–Trinajstić information content (AvgIpc) is 3.46. The number of hydrogen-bond acceptors (Lipinski definition) is 8. The van der Waals surface area contributed by atoms with Gasteiger partial charge in [-0.15, -0.1) is 5.10 Å². The highest BCUT2D eigenvalue weighted by atomic mass is 19.1. The number of rotatable bonds is 6. The number of ether oxygens (including phenoxy) is 1. The lowest BCUT2D eigenvalue weighted by Gasteiger charge is -2.39. The van der Waals surface area contributed by atoms with Gasteiger partial charge in [0.2, 0.25) is 5.95 Å². The minimum atomic E-state index is -0.849. The maximum Gasteiger partial charge on any atom is 0.223 e. The molecule has 4 aromatic rings. The molecule has 1 aliphatic rings. The number of piperidine rings is 1. The molecular weight excluding hydrogens is 451 g/mol. The first-order valence-electron chi connectivity index (χ1n) is 11.9. The van der Waals surface area contributed by atoms with Crippen molar-refractivity contribution in [1.82, 2.24) is 29.4 Å². The third kappa shape index (κ3) is 4.36. The van der Waals surface area contributed by atoms with E-state index in [-0.39, 0.29) is 17.6 Å². The van der Waals surface area contributed by atoms with Crippen LogP contribution in [0.3, 0.4) is 0 Å². The fraction of sp³-hybridized carbons (Fsp3) is 0.500. The van der Waals surface area contributed by atoms with Crippen LogP contribution in [-0.2, 0) is 6.54 Å². The monoisotopic (exact) mass is 482 g/mol. The lowest BCUT2D eigenvalue weighted by Crippen LogP contribution is -2.42. The Hall–Kier alpha value is -3.47. The van der Waals surface area contributed by atoms with Crippen molar-refractivity contribution in [3.05, 3.63) is 36.2 Å². The van der Waals surface area contributed by atoms with Crippen LogP contribution in [0.1, 0.15) is 51.8 Å². The van der Waals surface area contributed by atoms with Crippen molar-refractivity contribution in [2.75, 3.05) is 24.3 Å². The van der Waals surface area contributed by atoms with E-state index < -0.39 is 11.4 Å². The normalized spacial score (nSPS) is 19.1. The molecule has 2 atom stereocenters. The van der Waals surface area contributed by atoms with E-state index in [1.165, 1.54) is 23.8 Å². The number of fused-ring (bicyclic) bond motifs is 3. The van der Waals surface area contributed by atoms with Gasteiger partial charge in [-0.1, -0.05) is 6.92 Å². The van der Waals surface area contributed by atoms with E-state index >= 15 is 0 Å². The topological polar surface area (TPSA) is 120 Å². The summed E-state index contributed by atoms with van der Waals surface area (Å²) < 4.78 is 22.8. The van der Waals surface area contributed by atoms with Crippen molar-refractivity contribution < 1.29 is 14.2 Å². The smallest absolute Gasteiger partial charge is 0.223 e. The van der Waals surface area contributed by atoms with Crippen LogP contribution in [0.2, 0.25) is 0 Å². The molecule has 0 unspecified atom stereocenters. The van der Waals surface area contributed by atoms with E-state index in [2.05, 4.69) is 27.0 Å². The molecule has 3 aromatic heterocycles. The number of benzene rings is 1. The second-order valence-electron chi connectivity index (χ2n) is 9.88. The van der Waals surface area contributed by atoms with Crippen molar-refractivity contribution in [2.24, 2.45) is 0 Å². The van der Waals surface area contributed by atoms with Gasteiger partial charge >= 0.3 is 0 Å². The van der Waals surface area contributed by atoms with E-state index in [1.54, 1.807) is 18.5 Å². The summed E-state index contributed by atoms with van der Waals surface area (Å²) >= 11 is 0. The number of halogens is 1. The number of anilines is 2. The Kier molecular flexibility index (Phi) is 5.74. The molecule has 0 aliphatic carbocycles. The van der Waals surface area contributed by atoms with Crippen LogP contribution in [0.25, 0.3) is 16.6 Å². The summed E-state index contributed by atoms with van der Waals surface area (Å²) in [6, 6.07) is 3.26. The van der Waals surface area contributed by atoms with Crippen molar-refractivity contribution in [3.63, 3.8) is 0 Å². The molecule has 11 heteroatoms. The summed E-state index contributed by atoms with van der Waals surface area (Å²) in [6.45, 7) is 6.85. The number of nitrogens with zero attached hydrogens (tertiary/aromatic N) is 7. The molecule has 0 saturated carbocycles. The predicted molar refractivity (Wildman–Crippen MR) is 131 cm³/mol. The van der Waals surface area contributed by atoms with E-state index in [0.717, 1.165) is 31.5 Å². The Labute approximate surface area is 202 Å². The molecule has 4 heterocycles. The molecule has 3 N–H and O–H groups in total. The van der Waals surface area contributed by atoms with Crippen LogP contribution >= 0.6 is 0 Å². The molecule has 0 bridgehead atoms. The quantitative estimate of drug-likeness (QED) is 0.430. The lowest BCUT2D eigenvalue weighted by molar-refractivity contribution is 0.0577. The van der Waals surface area contributed by atoms with Gasteiger partial charge in [-0.25, -0.2) is 14.4 Å². The van der Waals surface area contributed by atoms with Crippen molar-refractivity contribution in [2.45, 2.75) is 64.1 Å². The molecule has 1 aliphatic heterocycles. The van der Waals surface area contributed by atoms with Crippen molar-refractivity contribution >= 4 is 28.2 Å². The van der Waals surface area contributed by atoms with Crippen LogP contribution in [0.5, 0.6) is 5.75 Å². The summed E-state index contributed by atoms with van der Waals surface area (Å²) in [7, 11) is 1.41. The first-order chi connectivity index (χ1) is 16.7. The van der Waals surface area contributed by atoms with Crippen LogP contribution in [0, 0.1) is 5.82 Å². The number of aromatic nitrogens is 6. The summed E-state index contributed by atoms with van der Waals surface area (Å²) in [5.74, 6) is 0.522. The predicted octanol–water partition coefficient (Wildman–Crippen LogP) is 3.14. The summed E-state index contributed by atoms with van der Waals surface area (Å²) in [5.41, 5.74) is 7.32. The highest BCUT2D eigenvalue weighted by Crippen LogP contribution is 2.35. The Bertz CT molecular complexity index is 1380. The molecule has 0 radical (unpaired) electrons. The zero-order chi connectivity index (χ0) is 24.9. The van der Waals surface area contributed by atoms with Gasteiger partial charge in [0, 0.05) is 36.2 Å². The van der Waals surface area contributed by atoms with Gasteiger partial charge in [0.15, 0.2) is 23.0 Å². The molecule has 0 amide bonds. The standard InChI is InChI=1S/C24H31FN8O2/c1-5-15-7-6-14(11-32(15)16-10-27-31(12-16)13-24(2,3)34)21-29-22-17-8-18(25)20(35-4)9-19(17)28-23(26)33(22)30-21/h8-10,12,14-15,34H,5-7,11,13H2,1-4H3,(H2,26,28)/t14-,15+/m1/s1. The van der Waals surface area contributed by atoms with Gasteiger partial charge in [0.1, 0.15) is 0 Å². The van der Waals surface area contributed by atoms with Crippen LogP contribution in [-0.4, -0.2) is 59.8 Å². The van der Waals surface area contributed by atoms with E-state index in [4.69, 9.17) is 15.5 Å². The summed E-state index contributed by atoms with van der Waals surface area (Å²) in [4.78, 5) is 11.5. The zero-order valence-corrected chi connectivity index (χ0v) is 20.4. The fourth-order valence-corrected chi connectivity index (χ4v) is 4.94. The Morgan fingerprint density at radius 3 is 2.77 bits per heavy atom. The molecule has 10 nitrogen and oxygen atoms in total. The molecule has 0 spiro atoms. The summed E-state index contributed by atoms with van der Waals surface area (Å²) in [6.07, 6.45) is 6.74. The highest BCUT2D eigenvalue weighted by molar-refractivity contribution is 5.93. The third-order valence-electron chi connectivity index (χ3n) is 6.63. The zero-order valence-electron chi connectivity index (χ0n) is 20.4. The molecule has 5 rings (SSSR count). The second kappa shape index (κ2) is 8.63. The number of hydrogen-bond donors (Lipinski definition) is 2. The number of aliphatic hydroxyl groups is 1. The number of nitrogens with two attached hydrogens (primary N) is 1. The maximum atomic E-state index is 14.5. The molecule has 1 fully saturated rings. The Morgan fingerprint density at radius 1 is 1.26 bits per heavy atom. The average molecular weight is 483 g/mol. The van der Waals surface area contributed by atoms with Crippen molar-refractivity contribution in [1.29, 1.82) is 0 Å². The molecule has 1 aromatic carbocycles. The van der Waals surface area contributed by atoms with E-state index in [0.29, 0.717) is 35.0 Å². The van der Waals surface area contributed by atoms with Gasteiger partial charge < -0.3 is 20.5 Å². The summed E-state index contributed by atoms with van der Waals surface area (Å²) in [5, 5.41) is 19.8. The van der Waals surface area contributed by atoms with E-state index in [1.807, 2.05) is 12.4 Å². The Balaban J connectivity index is 1.49. The molecular formula is C24H31FN8O2. The molecule has 35 heavy (non-hydrogen) atoms. The largest absolute Gasteiger partial charge is 0.494 e. The highest BCUT2D eigenvalue weighted by Gasteiger charge is 2.32. The minimum absolute atomic E-state index is 0.0629. The maximum absolute atomic E-state index is 14.5. The first-order valence-corrected chi connectivity index (χ1v) is 11.9. The van der Waals surface area contributed by atoms with Gasteiger partial charge in [0.25, 0.3) is 0 Å². The van der Waals surface area contributed by atoms with Crippen LogP contribution in [0.4, 0.5) is 16.0 Å². The lowest BCUT2D eigenvalue weighted by atomic mass is 9.90.